The molecule has 1 saturated heterocycles. The van der Waals surface area contributed by atoms with E-state index in [0.717, 1.165) is 24.8 Å². The first-order valence-electron chi connectivity index (χ1n) is 7.14. The maximum atomic E-state index is 11.8. The minimum Gasteiger partial charge on any atom is -0.361 e. The van der Waals surface area contributed by atoms with Gasteiger partial charge in [0.2, 0.25) is 0 Å². The molecule has 96 valence electrons. The average molecular weight is 236 g/mol. The minimum absolute atomic E-state index is 0.159. The molecule has 17 heavy (non-hydrogen) atoms. The second kappa shape index (κ2) is 5.34. The molecule has 2 rings (SSSR count). The highest BCUT2D eigenvalue weighted by molar-refractivity contribution is 5.99. The Morgan fingerprint density at radius 3 is 2.82 bits per heavy atom. The monoisotopic (exact) mass is 236 g/mol. The molecule has 0 amide bonds. The summed E-state index contributed by atoms with van der Waals surface area (Å²) in [6.45, 7) is 4.35. The molecule has 1 aliphatic carbocycles. The van der Waals surface area contributed by atoms with Crippen LogP contribution in [-0.4, -0.2) is 17.5 Å². The molecular formula is C15H24O2. The van der Waals surface area contributed by atoms with Gasteiger partial charge in [-0.2, -0.15) is 0 Å². The lowest BCUT2D eigenvalue weighted by Gasteiger charge is -1.99. The summed E-state index contributed by atoms with van der Waals surface area (Å²) in [5.41, 5.74) is 0.858. The van der Waals surface area contributed by atoms with Crippen LogP contribution in [-0.2, 0) is 9.53 Å². The molecule has 0 unspecified atom stereocenters. The summed E-state index contributed by atoms with van der Waals surface area (Å²) in [5, 5.41) is 0. The van der Waals surface area contributed by atoms with E-state index < -0.39 is 0 Å². The first kappa shape index (κ1) is 12.8. The number of unbranched alkanes of at least 4 members (excludes halogenated alkanes) is 3. The zero-order chi connectivity index (χ0) is 12.3. The van der Waals surface area contributed by atoms with E-state index in [4.69, 9.17) is 4.74 Å². The zero-order valence-corrected chi connectivity index (χ0v) is 11.1. The van der Waals surface area contributed by atoms with Gasteiger partial charge in [0.1, 0.15) is 5.60 Å². The van der Waals surface area contributed by atoms with Crippen molar-refractivity contribution in [3.63, 3.8) is 0 Å². The summed E-state index contributed by atoms with van der Waals surface area (Å²) in [4.78, 5) is 11.8. The topological polar surface area (TPSA) is 29.6 Å². The summed E-state index contributed by atoms with van der Waals surface area (Å²) >= 11 is 0. The Morgan fingerprint density at radius 2 is 2.12 bits per heavy atom. The molecule has 1 fully saturated rings. The van der Waals surface area contributed by atoms with E-state index in [1.54, 1.807) is 0 Å². The van der Waals surface area contributed by atoms with Crippen LogP contribution >= 0.6 is 0 Å². The van der Waals surface area contributed by atoms with E-state index in [-0.39, 0.29) is 5.60 Å². The van der Waals surface area contributed by atoms with Crippen LogP contribution in [0.5, 0.6) is 0 Å². The van der Waals surface area contributed by atoms with Crippen molar-refractivity contribution in [3.8, 4) is 0 Å². The summed E-state index contributed by atoms with van der Waals surface area (Å²) in [6.07, 6.45) is 11.3. The lowest BCUT2D eigenvalue weighted by molar-refractivity contribution is -0.115. The predicted octanol–water partition coefficient (Wildman–Crippen LogP) is 3.79. The summed E-state index contributed by atoms with van der Waals surface area (Å²) in [5.74, 6) is 0.322. The van der Waals surface area contributed by atoms with Gasteiger partial charge in [-0.25, -0.2) is 0 Å². The molecule has 0 N–H and O–H groups in total. The van der Waals surface area contributed by atoms with E-state index in [0.29, 0.717) is 18.3 Å². The van der Waals surface area contributed by atoms with Gasteiger partial charge in [0.25, 0.3) is 0 Å². The van der Waals surface area contributed by atoms with Crippen LogP contribution in [0.25, 0.3) is 0 Å². The molecular weight excluding hydrogens is 212 g/mol. The van der Waals surface area contributed by atoms with Crippen LogP contribution in [0.2, 0.25) is 0 Å². The van der Waals surface area contributed by atoms with Crippen molar-refractivity contribution in [3.05, 3.63) is 11.6 Å². The van der Waals surface area contributed by atoms with Crippen LogP contribution in [0, 0.1) is 0 Å². The molecule has 1 heterocycles. The van der Waals surface area contributed by atoms with E-state index >= 15 is 0 Å². The average Bonchev–Trinajstić information content (AvgIpc) is 2.86. The molecule has 1 spiro atoms. The fourth-order valence-electron chi connectivity index (χ4n) is 2.84. The van der Waals surface area contributed by atoms with Crippen LogP contribution in [0.15, 0.2) is 11.6 Å². The SMILES string of the molecule is CCCCCC[C@H]1O[C@]12C=C(CCC)C(=O)C2. The molecule has 2 heteroatoms. The Morgan fingerprint density at radius 1 is 1.29 bits per heavy atom. The molecule has 2 nitrogen and oxygen atoms in total. The van der Waals surface area contributed by atoms with E-state index in [1.165, 1.54) is 25.7 Å². The Bertz CT molecular complexity index is 319. The number of ketones is 1. The summed E-state index contributed by atoms with van der Waals surface area (Å²) in [6, 6.07) is 0. The number of epoxide rings is 1. The fourth-order valence-corrected chi connectivity index (χ4v) is 2.84. The van der Waals surface area contributed by atoms with E-state index in [9.17, 15) is 4.79 Å². The number of ether oxygens (including phenoxy) is 1. The van der Waals surface area contributed by atoms with Crippen molar-refractivity contribution < 1.29 is 9.53 Å². The fraction of sp³-hybridized carbons (Fsp3) is 0.800. The second-order valence-corrected chi connectivity index (χ2v) is 5.43. The molecule has 0 saturated carbocycles. The molecule has 0 radical (unpaired) electrons. The van der Waals surface area contributed by atoms with Gasteiger partial charge in [-0.15, -0.1) is 0 Å². The van der Waals surface area contributed by atoms with Crippen molar-refractivity contribution >= 4 is 5.78 Å². The van der Waals surface area contributed by atoms with Gasteiger partial charge < -0.3 is 4.74 Å². The van der Waals surface area contributed by atoms with Crippen molar-refractivity contribution in [2.75, 3.05) is 0 Å². The number of carbonyl (C=O) groups excluding carboxylic acids is 1. The molecule has 0 bridgehead atoms. The van der Waals surface area contributed by atoms with Crippen LogP contribution in [0.1, 0.15) is 65.2 Å². The number of allylic oxidation sites excluding steroid dienone is 1. The van der Waals surface area contributed by atoms with E-state index in [2.05, 4.69) is 19.9 Å². The summed E-state index contributed by atoms with van der Waals surface area (Å²) in [7, 11) is 0. The number of hydrogen-bond acceptors (Lipinski definition) is 2. The van der Waals surface area contributed by atoms with Crippen LogP contribution in [0.4, 0.5) is 0 Å². The number of Topliss-reactive ketones (excluding diaryl/α,β-unsaturated/α-hetero) is 1. The van der Waals surface area contributed by atoms with E-state index in [1.807, 2.05) is 0 Å². The molecule has 0 aromatic heterocycles. The van der Waals surface area contributed by atoms with Crippen molar-refractivity contribution in [2.24, 2.45) is 0 Å². The normalized spacial score (nSPS) is 31.1. The quantitative estimate of drug-likeness (QED) is 0.497. The Hall–Kier alpha value is -0.630. The first-order chi connectivity index (χ1) is 8.22. The number of hydrogen-bond donors (Lipinski definition) is 0. The third-order valence-electron chi connectivity index (χ3n) is 3.90. The van der Waals surface area contributed by atoms with Crippen LogP contribution < -0.4 is 0 Å². The van der Waals surface area contributed by atoms with Gasteiger partial charge in [-0.3, -0.25) is 4.79 Å². The highest BCUT2D eigenvalue weighted by atomic mass is 16.6. The van der Waals surface area contributed by atoms with Crippen LogP contribution in [0.3, 0.4) is 0 Å². The van der Waals surface area contributed by atoms with Gasteiger partial charge in [0.05, 0.1) is 6.10 Å². The largest absolute Gasteiger partial charge is 0.361 e. The molecule has 2 atom stereocenters. The van der Waals surface area contributed by atoms with Crippen molar-refractivity contribution in [1.29, 1.82) is 0 Å². The first-order valence-corrected chi connectivity index (χ1v) is 7.14. The van der Waals surface area contributed by atoms with Crippen molar-refractivity contribution in [1.82, 2.24) is 0 Å². The van der Waals surface area contributed by atoms with Gasteiger partial charge in [0, 0.05) is 6.42 Å². The summed E-state index contributed by atoms with van der Waals surface area (Å²) < 4.78 is 5.80. The lowest BCUT2D eigenvalue weighted by Crippen LogP contribution is -2.10. The molecule has 2 aliphatic rings. The minimum atomic E-state index is -0.159. The van der Waals surface area contributed by atoms with Gasteiger partial charge in [-0.05, 0) is 24.5 Å². The maximum absolute atomic E-state index is 11.8. The third-order valence-corrected chi connectivity index (χ3v) is 3.90. The zero-order valence-electron chi connectivity index (χ0n) is 11.1. The van der Waals surface area contributed by atoms with Gasteiger partial charge in [-0.1, -0.05) is 46.0 Å². The van der Waals surface area contributed by atoms with Crippen molar-refractivity contribution in [2.45, 2.75) is 76.9 Å². The maximum Gasteiger partial charge on any atom is 0.161 e. The molecule has 1 aliphatic heterocycles. The molecule has 0 aromatic carbocycles. The van der Waals surface area contributed by atoms with Gasteiger partial charge in [0.15, 0.2) is 5.78 Å². The third kappa shape index (κ3) is 2.79. The number of carbonyl (C=O) groups is 1. The Balaban J connectivity index is 1.78. The second-order valence-electron chi connectivity index (χ2n) is 5.43. The lowest BCUT2D eigenvalue weighted by atomic mass is 10.00. The Kier molecular flexibility index (Phi) is 4.03. The van der Waals surface area contributed by atoms with Gasteiger partial charge >= 0.3 is 0 Å². The highest BCUT2D eigenvalue weighted by Crippen LogP contribution is 2.49. The number of rotatable bonds is 7. The smallest absolute Gasteiger partial charge is 0.161 e. The standard InChI is InChI=1S/C15H24O2/c1-3-5-6-7-9-14-15(17-14)10-12(8-4-2)13(16)11-15/h10,14H,3-9,11H2,1-2H3/t14-,15+/m1/s1. The highest BCUT2D eigenvalue weighted by Gasteiger charge is 2.58. The molecule has 0 aromatic rings. The Labute approximate surface area is 104 Å². The predicted molar refractivity (Wildman–Crippen MR) is 69.0 cm³/mol.